The van der Waals surface area contributed by atoms with E-state index in [1.165, 1.54) is 12.1 Å². The molecule has 0 bridgehead atoms. The lowest BCUT2D eigenvalue weighted by atomic mass is 10.1. The second-order valence-electron chi connectivity index (χ2n) is 7.73. The summed E-state index contributed by atoms with van der Waals surface area (Å²) < 4.78 is 17.4. The molecule has 182 valence electrons. The van der Waals surface area contributed by atoms with Crippen LogP contribution in [-0.4, -0.2) is 30.2 Å². The van der Waals surface area contributed by atoms with E-state index in [4.69, 9.17) is 14.2 Å². The van der Waals surface area contributed by atoms with Crippen molar-refractivity contribution in [1.82, 2.24) is 0 Å². The zero-order chi connectivity index (χ0) is 25.2. The maximum atomic E-state index is 13.2. The summed E-state index contributed by atoms with van der Waals surface area (Å²) in [6.07, 6.45) is -1.00. The van der Waals surface area contributed by atoms with Crippen LogP contribution in [0, 0.1) is 0 Å². The van der Waals surface area contributed by atoms with Gasteiger partial charge in [-0.2, -0.15) is 0 Å². The van der Waals surface area contributed by atoms with Crippen LogP contribution in [0.2, 0.25) is 0 Å². The van der Waals surface area contributed by atoms with Gasteiger partial charge >= 0.3 is 5.97 Å². The van der Waals surface area contributed by atoms with Gasteiger partial charge in [0, 0.05) is 5.56 Å². The van der Waals surface area contributed by atoms with Crippen molar-refractivity contribution in [1.29, 1.82) is 0 Å². The van der Waals surface area contributed by atoms with E-state index in [-0.39, 0.29) is 11.3 Å². The van der Waals surface area contributed by atoms with Crippen LogP contribution in [0.4, 0.5) is 5.69 Å². The fraction of sp³-hybridized carbons (Fsp3) is 0.103. The lowest BCUT2D eigenvalue weighted by Crippen LogP contribution is -2.26. The summed E-state index contributed by atoms with van der Waals surface area (Å²) in [6.45, 7) is 0.767. The summed E-state index contributed by atoms with van der Waals surface area (Å²) in [5.74, 6) is 0.246. The van der Waals surface area contributed by atoms with Crippen LogP contribution in [0.5, 0.6) is 17.2 Å². The van der Waals surface area contributed by atoms with Crippen molar-refractivity contribution >= 4 is 17.6 Å². The molecule has 0 saturated carbocycles. The van der Waals surface area contributed by atoms with Gasteiger partial charge in [-0.25, -0.2) is 4.79 Å². The van der Waals surface area contributed by atoms with Gasteiger partial charge in [-0.15, -0.1) is 0 Å². The van der Waals surface area contributed by atoms with E-state index in [1.54, 1.807) is 60.7 Å². The fourth-order valence-corrected chi connectivity index (χ4v) is 3.46. The van der Waals surface area contributed by atoms with Crippen LogP contribution in [0.25, 0.3) is 0 Å². The lowest BCUT2D eigenvalue weighted by molar-refractivity contribution is -0.123. The summed E-state index contributed by atoms with van der Waals surface area (Å²) in [5.41, 5.74) is 0.817. The molecular formula is C29H25NO6. The normalized spacial score (nSPS) is 11.2. The molecule has 4 aromatic carbocycles. The van der Waals surface area contributed by atoms with Crippen molar-refractivity contribution in [2.24, 2.45) is 0 Å². The molecule has 0 aliphatic rings. The molecule has 2 N–H and O–H groups in total. The number of benzene rings is 4. The van der Waals surface area contributed by atoms with Gasteiger partial charge in [0.2, 0.25) is 6.10 Å². The molecule has 0 spiro atoms. The van der Waals surface area contributed by atoms with Crippen LogP contribution < -0.4 is 19.5 Å². The molecule has 7 heteroatoms. The Hall–Kier alpha value is -4.78. The average Bonchev–Trinajstić information content (AvgIpc) is 2.91. The van der Waals surface area contributed by atoms with Crippen molar-refractivity contribution in [3.05, 3.63) is 120 Å². The van der Waals surface area contributed by atoms with Gasteiger partial charge in [0.05, 0.1) is 11.3 Å². The van der Waals surface area contributed by atoms with Gasteiger partial charge in [-0.3, -0.25) is 4.79 Å². The Balaban J connectivity index is 1.41. The summed E-state index contributed by atoms with van der Waals surface area (Å²) in [7, 11) is 0. The number of hydrogen-bond donors (Lipinski definition) is 2. The molecular weight excluding hydrogens is 458 g/mol. The molecule has 1 atom stereocenters. The van der Waals surface area contributed by atoms with E-state index in [0.29, 0.717) is 30.3 Å². The van der Waals surface area contributed by atoms with E-state index in [0.717, 1.165) is 5.75 Å². The van der Waals surface area contributed by atoms with Crippen LogP contribution in [0.3, 0.4) is 0 Å². The lowest BCUT2D eigenvalue weighted by Gasteiger charge is -2.20. The minimum absolute atomic E-state index is 0.00425. The predicted octanol–water partition coefficient (Wildman–Crippen LogP) is 5.60. The summed E-state index contributed by atoms with van der Waals surface area (Å²) in [4.78, 5) is 24.7. The Kier molecular flexibility index (Phi) is 8.17. The molecule has 0 saturated heterocycles. The molecule has 0 fully saturated rings. The van der Waals surface area contributed by atoms with Gasteiger partial charge in [0.25, 0.3) is 5.91 Å². The van der Waals surface area contributed by atoms with Gasteiger partial charge in [0.1, 0.15) is 30.5 Å². The third-order valence-corrected chi connectivity index (χ3v) is 5.20. The number of aromatic carboxylic acids is 1. The van der Waals surface area contributed by atoms with E-state index in [2.05, 4.69) is 5.32 Å². The largest absolute Gasteiger partial charge is 0.490 e. The van der Waals surface area contributed by atoms with E-state index in [1.807, 2.05) is 36.4 Å². The molecule has 7 nitrogen and oxygen atoms in total. The SMILES string of the molecule is O=C(O)c1ccccc1NC(=O)C(Oc1ccc(OCCOc2ccccc2)cc1)c1ccccc1. The van der Waals surface area contributed by atoms with Gasteiger partial charge < -0.3 is 24.6 Å². The van der Waals surface area contributed by atoms with Crippen molar-refractivity contribution in [2.45, 2.75) is 6.10 Å². The standard InChI is InChI=1S/C29H25NO6/c31-28(30-26-14-8-7-13-25(26)29(32)33)27(21-9-3-1-4-10-21)36-24-17-15-23(16-18-24)35-20-19-34-22-11-5-2-6-12-22/h1-18,27H,19-20H2,(H,30,31)(H,32,33). The average molecular weight is 484 g/mol. The van der Waals surface area contributed by atoms with Crippen molar-refractivity contribution in [3.8, 4) is 17.2 Å². The van der Waals surface area contributed by atoms with Gasteiger partial charge in [0.15, 0.2) is 0 Å². The van der Waals surface area contributed by atoms with Crippen LogP contribution in [0.1, 0.15) is 22.0 Å². The number of carbonyl (C=O) groups is 2. The number of carboxylic acids is 1. The molecule has 0 aliphatic heterocycles. The fourth-order valence-electron chi connectivity index (χ4n) is 3.46. The third-order valence-electron chi connectivity index (χ3n) is 5.20. The molecule has 4 aromatic rings. The number of hydrogen-bond acceptors (Lipinski definition) is 5. The Morgan fingerprint density at radius 3 is 1.83 bits per heavy atom. The zero-order valence-electron chi connectivity index (χ0n) is 19.4. The number of nitrogens with one attached hydrogen (secondary N) is 1. The molecule has 0 aliphatic carbocycles. The van der Waals surface area contributed by atoms with Gasteiger partial charge in [-0.05, 0) is 48.5 Å². The van der Waals surface area contributed by atoms with E-state index >= 15 is 0 Å². The topological polar surface area (TPSA) is 94.1 Å². The van der Waals surface area contributed by atoms with E-state index < -0.39 is 18.0 Å². The molecule has 0 radical (unpaired) electrons. The molecule has 36 heavy (non-hydrogen) atoms. The number of amides is 1. The summed E-state index contributed by atoms with van der Waals surface area (Å²) in [6, 6.07) is 31.6. The molecule has 0 heterocycles. The van der Waals surface area contributed by atoms with Crippen LogP contribution >= 0.6 is 0 Å². The smallest absolute Gasteiger partial charge is 0.337 e. The number of anilines is 1. The second kappa shape index (κ2) is 12.1. The number of carbonyl (C=O) groups excluding carboxylic acids is 1. The van der Waals surface area contributed by atoms with Crippen LogP contribution in [-0.2, 0) is 4.79 Å². The molecule has 0 aromatic heterocycles. The van der Waals surface area contributed by atoms with Gasteiger partial charge in [-0.1, -0.05) is 60.7 Å². The monoisotopic (exact) mass is 483 g/mol. The first-order valence-corrected chi connectivity index (χ1v) is 11.4. The number of rotatable bonds is 11. The third kappa shape index (κ3) is 6.64. The highest BCUT2D eigenvalue weighted by Crippen LogP contribution is 2.26. The maximum absolute atomic E-state index is 13.2. The Morgan fingerprint density at radius 2 is 1.19 bits per heavy atom. The highest BCUT2D eigenvalue weighted by atomic mass is 16.5. The summed E-state index contributed by atoms with van der Waals surface area (Å²) >= 11 is 0. The Bertz CT molecular complexity index is 1280. The number of carboxylic acid groups (broad SMARTS) is 1. The highest BCUT2D eigenvalue weighted by Gasteiger charge is 2.24. The van der Waals surface area contributed by atoms with Crippen molar-refractivity contribution < 1.29 is 28.9 Å². The summed E-state index contributed by atoms with van der Waals surface area (Å²) in [5, 5.41) is 12.1. The number of ether oxygens (including phenoxy) is 3. The van der Waals surface area contributed by atoms with Crippen molar-refractivity contribution in [2.75, 3.05) is 18.5 Å². The highest BCUT2D eigenvalue weighted by molar-refractivity contribution is 6.02. The second-order valence-corrected chi connectivity index (χ2v) is 7.73. The first-order chi connectivity index (χ1) is 17.6. The van der Waals surface area contributed by atoms with Crippen molar-refractivity contribution in [3.63, 3.8) is 0 Å². The minimum Gasteiger partial charge on any atom is -0.490 e. The minimum atomic E-state index is -1.13. The predicted molar refractivity (Wildman–Crippen MR) is 136 cm³/mol. The number of para-hydroxylation sites is 2. The molecule has 1 unspecified atom stereocenters. The van der Waals surface area contributed by atoms with Crippen LogP contribution in [0.15, 0.2) is 109 Å². The Labute approximate surface area is 208 Å². The maximum Gasteiger partial charge on any atom is 0.337 e. The Morgan fingerprint density at radius 1 is 0.667 bits per heavy atom. The first-order valence-electron chi connectivity index (χ1n) is 11.4. The van der Waals surface area contributed by atoms with E-state index in [9.17, 15) is 14.7 Å². The quantitative estimate of drug-likeness (QED) is 0.270. The first kappa shape index (κ1) is 24.3. The molecule has 1 amide bonds. The molecule has 4 rings (SSSR count). The zero-order valence-corrected chi connectivity index (χ0v) is 19.4.